The minimum Gasteiger partial charge on any atom is -0.482 e. The van der Waals surface area contributed by atoms with Gasteiger partial charge in [-0.1, -0.05) is 11.6 Å². The van der Waals surface area contributed by atoms with Crippen molar-refractivity contribution < 1.29 is 17.9 Å². The van der Waals surface area contributed by atoms with Gasteiger partial charge in [0.25, 0.3) is 5.91 Å². The van der Waals surface area contributed by atoms with Crippen LogP contribution in [0.1, 0.15) is 19.4 Å². The fraction of sp³-hybridized carbons (Fsp3) is 0.263. The first-order chi connectivity index (χ1) is 13.1. The van der Waals surface area contributed by atoms with Crippen LogP contribution >= 0.6 is 11.6 Å². The Bertz CT molecular complexity index is 999. The summed E-state index contributed by atoms with van der Waals surface area (Å²) in [6.45, 7) is 3.28. The van der Waals surface area contributed by atoms with E-state index in [1.54, 1.807) is 13.8 Å². The van der Waals surface area contributed by atoms with Crippen LogP contribution in [0.3, 0.4) is 0 Å². The zero-order valence-electron chi connectivity index (χ0n) is 15.6. The highest BCUT2D eigenvalue weighted by molar-refractivity contribution is 7.89. The first-order valence-corrected chi connectivity index (χ1v) is 10.2. The van der Waals surface area contributed by atoms with E-state index in [2.05, 4.69) is 5.32 Å². The van der Waals surface area contributed by atoms with Crippen molar-refractivity contribution in [2.75, 3.05) is 19.0 Å². The number of rotatable bonds is 7. The molecule has 9 heteroatoms. The second-order valence-electron chi connectivity index (χ2n) is 6.23. The lowest BCUT2D eigenvalue weighted by molar-refractivity contribution is -0.118. The van der Waals surface area contributed by atoms with Gasteiger partial charge in [0.15, 0.2) is 6.61 Å². The number of benzene rings is 2. The van der Waals surface area contributed by atoms with Gasteiger partial charge in [-0.2, -0.15) is 9.57 Å². The molecule has 0 atom stereocenters. The second kappa shape index (κ2) is 9.06. The van der Waals surface area contributed by atoms with Gasteiger partial charge >= 0.3 is 0 Å². The SMILES string of the molecule is CC(C)N(C)S(=O)(=O)c1ccc(NC(=O)COc2ccc(C#N)cc2Cl)cc1. The molecule has 0 heterocycles. The Morgan fingerprint density at radius 1 is 1.25 bits per heavy atom. The van der Waals surface area contributed by atoms with Crippen molar-refractivity contribution in [3.63, 3.8) is 0 Å². The lowest BCUT2D eigenvalue weighted by atomic mass is 10.2. The summed E-state index contributed by atoms with van der Waals surface area (Å²) in [4.78, 5) is 12.2. The summed E-state index contributed by atoms with van der Waals surface area (Å²) in [7, 11) is -2.07. The lowest BCUT2D eigenvalue weighted by Crippen LogP contribution is -2.33. The van der Waals surface area contributed by atoms with Crippen LogP contribution in [0.5, 0.6) is 5.75 Å². The Balaban J connectivity index is 1.99. The molecule has 0 saturated heterocycles. The van der Waals surface area contributed by atoms with Crippen LogP contribution in [-0.4, -0.2) is 38.3 Å². The van der Waals surface area contributed by atoms with Gasteiger partial charge in [0, 0.05) is 18.8 Å². The van der Waals surface area contributed by atoms with Gasteiger partial charge in [-0.25, -0.2) is 8.42 Å². The molecule has 0 aliphatic rings. The van der Waals surface area contributed by atoms with Crippen LogP contribution in [0.2, 0.25) is 5.02 Å². The maximum absolute atomic E-state index is 12.4. The number of carbonyl (C=O) groups excluding carboxylic acids is 1. The van der Waals surface area contributed by atoms with E-state index in [0.29, 0.717) is 11.3 Å². The number of carbonyl (C=O) groups is 1. The molecular formula is C19H20ClN3O4S. The highest BCUT2D eigenvalue weighted by Crippen LogP contribution is 2.25. The first kappa shape index (κ1) is 21.7. The van der Waals surface area contributed by atoms with Crippen molar-refractivity contribution in [1.82, 2.24) is 4.31 Å². The zero-order chi connectivity index (χ0) is 20.9. The molecule has 148 valence electrons. The van der Waals surface area contributed by atoms with Crippen LogP contribution < -0.4 is 10.1 Å². The number of hydrogen-bond donors (Lipinski definition) is 1. The maximum atomic E-state index is 12.4. The van der Waals surface area contributed by atoms with Gasteiger partial charge in [-0.3, -0.25) is 4.79 Å². The largest absolute Gasteiger partial charge is 0.482 e. The van der Waals surface area contributed by atoms with Gasteiger partial charge in [0.1, 0.15) is 5.75 Å². The molecular weight excluding hydrogens is 402 g/mol. The molecule has 7 nitrogen and oxygen atoms in total. The summed E-state index contributed by atoms with van der Waals surface area (Å²) in [5, 5.41) is 11.7. The van der Waals surface area contributed by atoms with E-state index in [9.17, 15) is 13.2 Å². The van der Waals surface area contributed by atoms with E-state index in [4.69, 9.17) is 21.6 Å². The molecule has 28 heavy (non-hydrogen) atoms. The molecule has 0 spiro atoms. The maximum Gasteiger partial charge on any atom is 0.262 e. The third-order valence-corrected chi connectivity index (χ3v) is 6.31. The number of hydrogen-bond acceptors (Lipinski definition) is 5. The highest BCUT2D eigenvalue weighted by Gasteiger charge is 2.22. The van der Waals surface area contributed by atoms with Crippen LogP contribution in [0.4, 0.5) is 5.69 Å². The molecule has 0 aliphatic carbocycles. The number of ether oxygens (including phenoxy) is 1. The molecule has 0 unspecified atom stereocenters. The Morgan fingerprint density at radius 3 is 2.43 bits per heavy atom. The van der Waals surface area contributed by atoms with E-state index in [1.165, 1.54) is 53.8 Å². The molecule has 0 aliphatic heterocycles. The van der Waals surface area contributed by atoms with E-state index in [0.717, 1.165) is 0 Å². The third kappa shape index (κ3) is 5.23. The number of amides is 1. The summed E-state index contributed by atoms with van der Waals surface area (Å²) in [5.41, 5.74) is 0.825. The van der Waals surface area contributed by atoms with E-state index in [-0.39, 0.29) is 28.3 Å². The van der Waals surface area contributed by atoms with Gasteiger partial charge in [0.05, 0.1) is 21.6 Å². The predicted octanol–water partition coefficient (Wildman–Crippen LogP) is 3.26. The second-order valence-corrected chi connectivity index (χ2v) is 8.64. The number of halogens is 1. The standard InChI is InChI=1S/C19H20ClN3O4S/c1-13(2)23(3)28(25,26)16-7-5-15(6-8-16)22-19(24)12-27-18-9-4-14(11-21)10-17(18)20/h4-10,13H,12H2,1-3H3,(H,22,24). The van der Waals surface area contributed by atoms with E-state index in [1.807, 2.05) is 6.07 Å². The monoisotopic (exact) mass is 421 g/mol. The summed E-state index contributed by atoms with van der Waals surface area (Å²) in [5.74, 6) is -0.149. The van der Waals surface area contributed by atoms with Gasteiger partial charge in [0.2, 0.25) is 10.0 Å². The van der Waals surface area contributed by atoms with Crippen molar-refractivity contribution in [3.8, 4) is 11.8 Å². The minimum absolute atomic E-state index is 0.141. The van der Waals surface area contributed by atoms with Crippen molar-refractivity contribution in [1.29, 1.82) is 5.26 Å². The van der Waals surface area contributed by atoms with Crippen LogP contribution in [-0.2, 0) is 14.8 Å². The molecule has 2 aromatic rings. The third-order valence-electron chi connectivity index (χ3n) is 3.96. The Kier molecular flexibility index (Phi) is 7.02. The summed E-state index contributed by atoms with van der Waals surface area (Å²) in [6.07, 6.45) is 0. The van der Waals surface area contributed by atoms with Crippen LogP contribution in [0.25, 0.3) is 0 Å². The highest BCUT2D eigenvalue weighted by atomic mass is 35.5. The molecule has 2 rings (SSSR count). The smallest absolute Gasteiger partial charge is 0.262 e. The molecule has 1 amide bonds. The van der Waals surface area contributed by atoms with Crippen LogP contribution in [0, 0.1) is 11.3 Å². The number of anilines is 1. The lowest BCUT2D eigenvalue weighted by Gasteiger charge is -2.21. The topological polar surface area (TPSA) is 99.5 Å². The van der Waals surface area contributed by atoms with Crippen molar-refractivity contribution in [2.24, 2.45) is 0 Å². The summed E-state index contributed by atoms with van der Waals surface area (Å²) in [6, 6.07) is 12.2. The molecule has 0 radical (unpaired) electrons. The average Bonchev–Trinajstić information content (AvgIpc) is 2.66. The molecule has 0 aromatic heterocycles. The molecule has 0 fully saturated rings. The van der Waals surface area contributed by atoms with Crippen molar-refractivity contribution >= 4 is 33.2 Å². The molecule has 0 bridgehead atoms. The average molecular weight is 422 g/mol. The fourth-order valence-corrected chi connectivity index (χ4v) is 3.78. The van der Waals surface area contributed by atoms with Gasteiger partial charge < -0.3 is 10.1 Å². The Hall–Kier alpha value is -2.60. The van der Waals surface area contributed by atoms with Crippen molar-refractivity contribution in [2.45, 2.75) is 24.8 Å². The molecule has 0 saturated carbocycles. The normalized spacial score (nSPS) is 11.3. The molecule has 2 aromatic carbocycles. The number of nitriles is 1. The summed E-state index contributed by atoms with van der Waals surface area (Å²) >= 11 is 5.99. The Labute approximate surface area is 169 Å². The number of nitrogens with one attached hydrogen (secondary N) is 1. The minimum atomic E-state index is -3.58. The van der Waals surface area contributed by atoms with Crippen LogP contribution in [0.15, 0.2) is 47.4 Å². The Morgan fingerprint density at radius 2 is 1.89 bits per heavy atom. The first-order valence-electron chi connectivity index (χ1n) is 8.35. The van der Waals surface area contributed by atoms with Gasteiger partial charge in [-0.05, 0) is 56.3 Å². The number of nitrogens with zero attached hydrogens (tertiary/aromatic N) is 2. The molecule has 1 N–H and O–H groups in total. The fourth-order valence-electron chi connectivity index (χ4n) is 2.18. The van der Waals surface area contributed by atoms with E-state index >= 15 is 0 Å². The predicted molar refractivity (Wildman–Crippen MR) is 107 cm³/mol. The van der Waals surface area contributed by atoms with Crippen molar-refractivity contribution in [3.05, 3.63) is 53.1 Å². The van der Waals surface area contributed by atoms with Gasteiger partial charge in [-0.15, -0.1) is 0 Å². The number of sulfonamides is 1. The quantitative estimate of drug-likeness (QED) is 0.739. The zero-order valence-corrected chi connectivity index (χ0v) is 17.2. The summed E-state index contributed by atoms with van der Waals surface area (Å²) < 4.78 is 31.5. The van der Waals surface area contributed by atoms with E-state index < -0.39 is 15.9 Å².